The van der Waals surface area contributed by atoms with Crippen molar-refractivity contribution in [3.8, 4) is 0 Å². The summed E-state index contributed by atoms with van der Waals surface area (Å²) in [6.45, 7) is 1.99. The highest BCUT2D eigenvalue weighted by Gasteiger charge is 2.18. The fourth-order valence-corrected chi connectivity index (χ4v) is 2.36. The predicted molar refractivity (Wildman–Crippen MR) is 76.5 cm³/mol. The lowest BCUT2D eigenvalue weighted by molar-refractivity contribution is 0.469. The number of benzene rings is 2. The van der Waals surface area contributed by atoms with Gasteiger partial charge >= 0.3 is 0 Å². The largest absolute Gasteiger partial charge is 0.459 e. The number of rotatable bonds is 3. The maximum Gasteiger partial charge on any atom is 0.159 e. The molecule has 3 nitrogen and oxygen atoms in total. The monoisotopic (exact) mass is 288 g/mol. The number of halogens is 2. The van der Waals surface area contributed by atoms with E-state index in [0.29, 0.717) is 11.3 Å². The van der Waals surface area contributed by atoms with Gasteiger partial charge in [0, 0.05) is 5.39 Å². The second-order valence-corrected chi connectivity index (χ2v) is 4.96. The minimum Gasteiger partial charge on any atom is -0.459 e. The van der Waals surface area contributed by atoms with E-state index in [1.807, 2.05) is 31.2 Å². The average molecular weight is 288 g/mol. The molecule has 0 fully saturated rings. The molecule has 3 N–H and O–H groups in total. The number of fused-ring (bicyclic) bond motifs is 1. The second kappa shape index (κ2) is 5.27. The van der Waals surface area contributed by atoms with E-state index in [1.54, 1.807) is 0 Å². The molecule has 0 aliphatic heterocycles. The van der Waals surface area contributed by atoms with Gasteiger partial charge in [-0.15, -0.1) is 0 Å². The molecule has 1 atom stereocenters. The summed E-state index contributed by atoms with van der Waals surface area (Å²) in [4.78, 5) is 0. The molecule has 5 heteroatoms. The number of hydrogen-bond acceptors (Lipinski definition) is 3. The van der Waals surface area contributed by atoms with Gasteiger partial charge in [-0.3, -0.25) is 5.84 Å². The zero-order valence-electron chi connectivity index (χ0n) is 11.4. The number of hydrogen-bond donors (Lipinski definition) is 2. The van der Waals surface area contributed by atoms with Crippen LogP contribution in [0.5, 0.6) is 0 Å². The van der Waals surface area contributed by atoms with Crippen LogP contribution in [0.2, 0.25) is 0 Å². The Morgan fingerprint density at radius 3 is 2.57 bits per heavy atom. The Balaban J connectivity index is 2.06. The van der Waals surface area contributed by atoms with Crippen LogP contribution in [0.3, 0.4) is 0 Å². The van der Waals surface area contributed by atoms with Crippen molar-refractivity contribution in [3.63, 3.8) is 0 Å². The smallest absolute Gasteiger partial charge is 0.159 e. The summed E-state index contributed by atoms with van der Waals surface area (Å²) in [5, 5.41) is 0.938. The average Bonchev–Trinajstić information content (AvgIpc) is 2.86. The first-order valence-electron chi connectivity index (χ1n) is 6.49. The van der Waals surface area contributed by atoms with Crippen LogP contribution in [-0.2, 0) is 0 Å². The topological polar surface area (TPSA) is 51.2 Å². The lowest BCUT2D eigenvalue weighted by Gasteiger charge is -2.13. The normalized spacial score (nSPS) is 12.8. The minimum atomic E-state index is -0.917. The lowest BCUT2D eigenvalue weighted by atomic mass is 10.0. The number of furan rings is 1. The third kappa shape index (κ3) is 2.53. The van der Waals surface area contributed by atoms with E-state index in [4.69, 9.17) is 10.3 Å². The van der Waals surface area contributed by atoms with E-state index in [0.717, 1.165) is 28.7 Å². The summed E-state index contributed by atoms with van der Waals surface area (Å²) >= 11 is 0. The van der Waals surface area contributed by atoms with Crippen LogP contribution < -0.4 is 11.3 Å². The molecule has 0 radical (unpaired) electrons. The van der Waals surface area contributed by atoms with Gasteiger partial charge in [0.2, 0.25) is 0 Å². The molecular weight excluding hydrogens is 274 g/mol. The predicted octanol–water partition coefficient (Wildman–Crippen LogP) is 3.57. The van der Waals surface area contributed by atoms with Crippen molar-refractivity contribution < 1.29 is 13.2 Å². The fourth-order valence-electron chi connectivity index (χ4n) is 2.36. The highest BCUT2D eigenvalue weighted by Crippen LogP contribution is 2.29. The molecule has 0 saturated carbocycles. The fraction of sp³-hybridized carbons (Fsp3) is 0.125. The Morgan fingerprint density at radius 2 is 1.86 bits per heavy atom. The van der Waals surface area contributed by atoms with Gasteiger partial charge in [0.25, 0.3) is 0 Å². The minimum absolute atomic E-state index is 0.493. The Kier molecular flexibility index (Phi) is 3.45. The molecule has 0 amide bonds. The Bertz CT molecular complexity index is 798. The lowest BCUT2D eigenvalue weighted by Crippen LogP contribution is -2.28. The van der Waals surface area contributed by atoms with Gasteiger partial charge in [0.05, 0.1) is 0 Å². The molecule has 2 aromatic carbocycles. The van der Waals surface area contributed by atoms with Gasteiger partial charge < -0.3 is 4.42 Å². The number of nitrogens with two attached hydrogens (primary N) is 1. The van der Waals surface area contributed by atoms with Crippen molar-refractivity contribution in [2.45, 2.75) is 13.0 Å². The van der Waals surface area contributed by atoms with Crippen molar-refractivity contribution in [3.05, 3.63) is 71.0 Å². The summed E-state index contributed by atoms with van der Waals surface area (Å²) in [6, 6.07) is 10.7. The molecule has 21 heavy (non-hydrogen) atoms. The number of nitrogens with one attached hydrogen (secondary N) is 1. The highest BCUT2D eigenvalue weighted by atomic mass is 19.2. The first kappa shape index (κ1) is 13.7. The van der Waals surface area contributed by atoms with Gasteiger partial charge in [-0.2, -0.15) is 0 Å². The van der Waals surface area contributed by atoms with E-state index in [-0.39, 0.29) is 0 Å². The van der Waals surface area contributed by atoms with Crippen molar-refractivity contribution in [2.24, 2.45) is 5.84 Å². The Hall–Kier alpha value is -2.24. The zero-order valence-corrected chi connectivity index (χ0v) is 11.4. The van der Waals surface area contributed by atoms with Crippen LogP contribution in [-0.4, -0.2) is 0 Å². The first-order chi connectivity index (χ1) is 10.1. The van der Waals surface area contributed by atoms with E-state index < -0.39 is 17.7 Å². The molecule has 0 saturated heterocycles. The first-order valence-corrected chi connectivity index (χ1v) is 6.49. The summed E-state index contributed by atoms with van der Waals surface area (Å²) in [6.07, 6.45) is 0. The third-order valence-electron chi connectivity index (χ3n) is 3.42. The summed E-state index contributed by atoms with van der Waals surface area (Å²) in [7, 11) is 0. The van der Waals surface area contributed by atoms with Crippen molar-refractivity contribution in [1.82, 2.24) is 5.43 Å². The van der Waals surface area contributed by atoms with E-state index in [9.17, 15) is 8.78 Å². The molecule has 1 aromatic heterocycles. The van der Waals surface area contributed by atoms with Crippen LogP contribution in [0, 0.1) is 18.6 Å². The van der Waals surface area contributed by atoms with E-state index in [1.165, 1.54) is 6.07 Å². The molecular formula is C16H14F2N2O. The van der Waals surface area contributed by atoms with E-state index in [2.05, 4.69) is 5.43 Å². The molecule has 0 spiro atoms. The summed E-state index contributed by atoms with van der Waals surface area (Å²) < 4.78 is 32.1. The number of hydrazine groups is 1. The molecule has 0 bridgehead atoms. The molecule has 3 aromatic rings. The quantitative estimate of drug-likeness (QED) is 0.572. The zero-order chi connectivity index (χ0) is 15.0. The summed E-state index contributed by atoms with van der Waals surface area (Å²) in [5.41, 5.74) is 4.90. The van der Waals surface area contributed by atoms with Gasteiger partial charge in [-0.25, -0.2) is 14.2 Å². The molecule has 0 aliphatic rings. The van der Waals surface area contributed by atoms with Crippen molar-refractivity contribution in [2.75, 3.05) is 0 Å². The maximum absolute atomic E-state index is 13.4. The molecule has 1 unspecified atom stereocenters. The second-order valence-electron chi connectivity index (χ2n) is 4.96. The van der Waals surface area contributed by atoms with Crippen LogP contribution in [0.25, 0.3) is 11.0 Å². The standard InChI is InChI=1S/C16H14F2N2O/c1-9-2-5-14-11(6-9)8-15(21-14)16(20-19)10-3-4-12(17)13(18)7-10/h2-8,16,20H,19H2,1H3. The van der Waals surface area contributed by atoms with Gasteiger partial charge in [0.15, 0.2) is 11.6 Å². The Morgan fingerprint density at radius 1 is 1.05 bits per heavy atom. The van der Waals surface area contributed by atoms with Gasteiger partial charge in [-0.1, -0.05) is 17.7 Å². The maximum atomic E-state index is 13.4. The highest BCUT2D eigenvalue weighted by molar-refractivity contribution is 5.78. The van der Waals surface area contributed by atoms with Crippen LogP contribution in [0.4, 0.5) is 8.78 Å². The van der Waals surface area contributed by atoms with Crippen LogP contribution in [0.15, 0.2) is 46.9 Å². The number of aryl methyl sites for hydroxylation is 1. The SMILES string of the molecule is Cc1ccc2oc(C(NN)c3ccc(F)c(F)c3)cc2c1. The molecule has 3 rings (SSSR count). The van der Waals surface area contributed by atoms with E-state index >= 15 is 0 Å². The van der Waals surface area contributed by atoms with Crippen LogP contribution >= 0.6 is 0 Å². The molecule has 0 aliphatic carbocycles. The van der Waals surface area contributed by atoms with Gasteiger partial charge in [0.1, 0.15) is 17.4 Å². The Labute approximate surface area is 120 Å². The van der Waals surface area contributed by atoms with Crippen molar-refractivity contribution >= 4 is 11.0 Å². The van der Waals surface area contributed by atoms with Gasteiger partial charge in [-0.05, 0) is 42.8 Å². The molecule has 108 valence electrons. The van der Waals surface area contributed by atoms with Crippen molar-refractivity contribution in [1.29, 1.82) is 0 Å². The third-order valence-corrected chi connectivity index (χ3v) is 3.42. The molecule has 1 heterocycles. The summed E-state index contributed by atoms with van der Waals surface area (Å²) in [5.74, 6) is 4.29. The van der Waals surface area contributed by atoms with Crippen LogP contribution in [0.1, 0.15) is 22.9 Å².